The van der Waals surface area contributed by atoms with Crippen molar-refractivity contribution in [2.45, 2.75) is 64.4 Å². The summed E-state index contributed by atoms with van der Waals surface area (Å²) in [5.41, 5.74) is 1.93. The van der Waals surface area contributed by atoms with Crippen molar-refractivity contribution in [3.63, 3.8) is 0 Å². The van der Waals surface area contributed by atoms with Crippen molar-refractivity contribution in [1.29, 1.82) is 0 Å². The smallest absolute Gasteiger partial charge is 0.264 e. The molecule has 0 aliphatic heterocycles. The Hall–Kier alpha value is -3.56. The fourth-order valence-electron chi connectivity index (χ4n) is 4.48. The average Bonchev–Trinajstić information content (AvgIpc) is 2.97. The van der Waals surface area contributed by atoms with Gasteiger partial charge in [0.2, 0.25) is 11.8 Å². The van der Waals surface area contributed by atoms with Crippen LogP contribution < -0.4 is 14.4 Å². The lowest BCUT2D eigenvalue weighted by atomic mass is 10.1. The first-order valence-electron chi connectivity index (χ1n) is 14.2. The fraction of sp³-hybridized carbons (Fsp3) is 0.375. The molecule has 0 spiro atoms. The molecular formula is C32H40ClN3O5S. The summed E-state index contributed by atoms with van der Waals surface area (Å²) in [6.07, 6.45) is 2.06. The molecule has 1 atom stereocenters. The van der Waals surface area contributed by atoms with Crippen LogP contribution in [0.3, 0.4) is 0 Å². The summed E-state index contributed by atoms with van der Waals surface area (Å²) >= 11 is 6.45. The van der Waals surface area contributed by atoms with E-state index in [9.17, 15) is 18.0 Å². The van der Waals surface area contributed by atoms with E-state index < -0.39 is 28.5 Å². The topological polar surface area (TPSA) is 96.0 Å². The largest absolute Gasteiger partial charge is 0.494 e. The number of nitrogens with zero attached hydrogens (tertiary/aromatic N) is 2. The Kier molecular flexibility index (Phi) is 12.2. The van der Waals surface area contributed by atoms with Gasteiger partial charge in [-0.25, -0.2) is 8.42 Å². The fourth-order valence-corrected chi connectivity index (χ4v) is 6.09. The number of carbonyl (C=O) groups excluding carboxylic acids is 2. The molecule has 3 aromatic rings. The summed E-state index contributed by atoms with van der Waals surface area (Å²) in [5.74, 6) is -0.273. The van der Waals surface area contributed by atoms with Crippen molar-refractivity contribution in [3.05, 3.63) is 88.9 Å². The van der Waals surface area contributed by atoms with E-state index in [0.29, 0.717) is 41.6 Å². The van der Waals surface area contributed by atoms with Crippen molar-refractivity contribution < 1.29 is 22.7 Å². The lowest BCUT2D eigenvalue weighted by Gasteiger charge is -2.33. The summed E-state index contributed by atoms with van der Waals surface area (Å²) < 4.78 is 34.6. The highest BCUT2D eigenvalue weighted by molar-refractivity contribution is 7.92. The quantitative estimate of drug-likeness (QED) is 0.213. The van der Waals surface area contributed by atoms with Crippen LogP contribution in [-0.2, 0) is 26.2 Å². The molecule has 0 fully saturated rings. The first-order chi connectivity index (χ1) is 20.1. The summed E-state index contributed by atoms with van der Waals surface area (Å²) in [6, 6.07) is 19.3. The van der Waals surface area contributed by atoms with E-state index in [0.717, 1.165) is 22.7 Å². The van der Waals surface area contributed by atoms with E-state index in [1.165, 1.54) is 17.0 Å². The Morgan fingerprint density at radius 2 is 1.62 bits per heavy atom. The van der Waals surface area contributed by atoms with Crippen LogP contribution in [0, 0.1) is 6.92 Å². The lowest BCUT2D eigenvalue weighted by Crippen LogP contribution is -2.52. The zero-order valence-corrected chi connectivity index (χ0v) is 26.2. The molecule has 2 amide bonds. The van der Waals surface area contributed by atoms with Gasteiger partial charge in [-0.1, -0.05) is 67.8 Å². The van der Waals surface area contributed by atoms with Gasteiger partial charge < -0.3 is 15.0 Å². The third kappa shape index (κ3) is 8.49. The van der Waals surface area contributed by atoms with Gasteiger partial charge in [-0.2, -0.15) is 0 Å². The number of rotatable bonds is 15. The number of hydrogen-bond acceptors (Lipinski definition) is 5. The maximum absolute atomic E-state index is 14.1. The summed E-state index contributed by atoms with van der Waals surface area (Å²) in [7, 11) is -4.17. The Morgan fingerprint density at radius 1 is 0.952 bits per heavy atom. The molecule has 0 aromatic heterocycles. The van der Waals surface area contributed by atoms with E-state index in [1.807, 2.05) is 27.7 Å². The highest BCUT2D eigenvalue weighted by Crippen LogP contribution is 2.27. The number of hydrogen-bond donors (Lipinski definition) is 1. The van der Waals surface area contributed by atoms with Crippen molar-refractivity contribution >= 4 is 39.1 Å². The van der Waals surface area contributed by atoms with Gasteiger partial charge in [-0.3, -0.25) is 13.9 Å². The molecule has 226 valence electrons. The average molecular weight is 614 g/mol. The lowest BCUT2D eigenvalue weighted by molar-refractivity contribution is -0.140. The van der Waals surface area contributed by atoms with Gasteiger partial charge in [-0.15, -0.1) is 0 Å². The summed E-state index contributed by atoms with van der Waals surface area (Å²) in [5, 5.41) is 3.38. The van der Waals surface area contributed by atoms with E-state index in [-0.39, 0.29) is 17.3 Å². The molecule has 8 nitrogen and oxygen atoms in total. The summed E-state index contributed by atoms with van der Waals surface area (Å²) in [6.45, 7) is 8.06. The predicted molar refractivity (Wildman–Crippen MR) is 167 cm³/mol. The SMILES string of the molecule is CCCCNC(=O)[C@H](CC)N(Cc1ccccc1Cl)C(=O)CN(c1ccc(C)cc1)S(=O)(=O)c1ccc(OCC)cc1. The van der Waals surface area contributed by atoms with Gasteiger partial charge in [-0.05, 0) is 74.7 Å². The van der Waals surface area contributed by atoms with Crippen LogP contribution in [0.2, 0.25) is 5.02 Å². The number of carbonyl (C=O) groups is 2. The van der Waals surface area contributed by atoms with Gasteiger partial charge in [0.1, 0.15) is 18.3 Å². The van der Waals surface area contributed by atoms with Crippen molar-refractivity contribution in [1.82, 2.24) is 10.2 Å². The standard InChI is InChI=1S/C32H40ClN3O5S/c1-5-8-21-34-32(38)30(6-2)35(22-25-11-9-10-12-29(25)33)31(37)23-36(26-15-13-24(4)14-16-26)42(39,40)28-19-17-27(18-20-28)41-7-3/h9-20,30H,5-8,21-23H2,1-4H3,(H,34,38)/t30-/m0/s1. The number of ether oxygens (including phenoxy) is 1. The highest BCUT2D eigenvalue weighted by atomic mass is 35.5. The van der Waals surface area contributed by atoms with Crippen LogP contribution >= 0.6 is 11.6 Å². The van der Waals surface area contributed by atoms with Gasteiger partial charge >= 0.3 is 0 Å². The highest BCUT2D eigenvalue weighted by Gasteiger charge is 2.34. The maximum atomic E-state index is 14.1. The van der Waals surface area contributed by atoms with Gasteiger partial charge in [0, 0.05) is 18.1 Å². The third-order valence-electron chi connectivity index (χ3n) is 6.84. The van der Waals surface area contributed by atoms with Crippen LogP contribution in [0.5, 0.6) is 5.75 Å². The first kappa shape index (κ1) is 32.9. The van der Waals surface area contributed by atoms with Crippen molar-refractivity contribution in [3.8, 4) is 5.75 Å². The minimum absolute atomic E-state index is 0.0151. The Labute approximate surface area is 254 Å². The first-order valence-corrected chi connectivity index (χ1v) is 16.1. The zero-order chi connectivity index (χ0) is 30.7. The van der Waals surface area contributed by atoms with Crippen LogP contribution in [0.15, 0.2) is 77.7 Å². The molecule has 0 radical (unpaired) electrons. The third-order valence-corrected chi connectivity index (χ3v) is 8.99. The van der Waals surface area contributed by atoms with E-state index in [1.54, 1.807) is 60.7 Å². The van der Waals surface area contributed by atoms with Crippen molar-refractivity contribution in [2.75, 3.05) is 24.0 Å². The zero-order valence-electron chi connectivity index (χ0n) is 24.7. The second-order valence-electron chi connectivity index (χ2n) is 9.93. The number of benzene rings is 3. The second kappa shape index (κ2) is 15.6. The van der Waals surface area contributed by atoms with Gasteiger partial charge in [0.05, 0.1) is 17.2 Å². The number of amides is 2. The monoisotopic (exact) mass is 613 g/mol. The molecule has 0 heterocycles. The molecule has 0 aliphatic rings. The predicted octanol–water partition coefficient (Wildman–Crippen LogP) is 5.97. The van der Waals surface area contributed by atoms with E-state index in [4.69, 9.17) is 16.3 Å². The second-order valence-corrected chi connectivity index (χ2v) is 12.2. The number of halogens is 1. The molecule has 0 saturated carbocycles. The Bertz CT molecular complexity index is 1430. The number of aryl methyl sites for hydroxylation is 1. The molecular weight excluding hydrogens is 574 g/mol. The number of sulfonamides is 1. The molecule has 3 aromatic carbocycles. The number of nitrogens with one attached hydrogen (secondary N) is 1. The van der Waals surface area contributed by atoms with Crippen molar-refractivity contribution in [2.24, 2.45) is 0 Å². The Balaban J connectivity index is 2.03. The minimum Gasteiger partial charge on any atom is -0.494 e. The molecule has 0 unspecified atom stereocenters. The summed E-state index contributed by atoms with van der Waals surface area (Å²) in [4.78, 5) is 28.9. The normalized spacial score (nSPS) is 11.9. The molecule has 42 heavy (non-hydrogen) atoms. The molecule has 1 N–H and O–H groups in total. The van der Waals surface area contributed by atoms with Gasteiger partial charge in [0.25, 0.3) is 10.0 Å². The van der Waals surface area contributed by atoms with Crippen LogP contribution in [0.25, 0.3) is 0 Å². The van der Waals surface area contributed by atoms with E-state index in [2.05, 4.69) is 5.32 Å². The van der Waals surface area contributed by atoms with Crippen LogP contribution in [0.1, 0.15) is 51.2 Å². The minimum atomic E-state index is -4.17. The molecule has 3 rings (SSSR count). The molecule has 10 heteroatoms. The van der Waals surface area contributed by atoms with Gasteiger partial charge in [0.15, 0.2) is 0 Å². The van der Waals surface area contributed by atoms with E-state index >= 15 is 0 Å². The molecule has 0 bridgehead atoms. The van der Waals surface area contributed by atoms with Crippen LogP contribution in [0.4, 0.5) is 5.69 Å². The van der Waals surface area contributed by atoms with Crippen LogP contribution in [-0.4, -0.2) is 50.9 Å². The number of unbranched alkanes of at least 4 members (excludes halogenated alkanes) is 1. The number of anilines is 1. The molecule has 0 saturated heterocycles. The molecule has 0 aliphatic carbocycles. The maximum Gasteiger partial charge on any atom is 0.264 e. The Morgan fingerprint density at radius 3 is 2.21 bits per heavy atom.